The van der Waals surface area contributed by atoms with Crippen LogP contribution in [0.2, 0.25) is 0 Å². The predicted molar refractivity (Wildman–Crippen MR) is 56.6 cm³/mol. The largest absolute Gasteiger partial charge is 0.388 e. The highest BCUT2D eigenvalue weighted by Gasteiger charge is 2.20. The summed E-state index contributed by atoms with van der Waals surface area (Å²) in [7, 11) is 2.02. The summed E-state index contributed by atoms with van der Waals surface area (Å²) in [5, 5.41) is 9.71. The molecule has 0 aromatic rings. The van der Waals surface area contributed by atoms with Crippen LogP contribution in [0.4, 0.5) is 0 Å². The Labute approximate surface area is 81.9 Å². The van der Waals surface area contributed by atoms with Gasteiger partial charge in [-0.2, -0.15) is 0 Å². The van der Waals surface area contributed by atoms with E-state index < -0.39 is 5.60 Å². The minimum absolute atomic E-state index is 0.317. The first kappa shape index (κ1) is 12.9. The molecule has 0 bridgehead atoms. The fourth-order valence-corrected chi connectivity index (χ4v) is 1.37. The maximum Gasteiger partial charge on any atom is 0.0867 e. The lowest BCUT2D eigenvalue weighted by molar-refractivity contribution is 0.0316. The summed E-state index contributed by atoms with van der Waals surface area (Å²) in [6.07, 6.45) is 1.18. The van der Waals surface area contributed by atoms with Crippen LogP contribution in [-0.2, 0) is 0 Å². The Bertz CT molecular complexity index is 137. The number of hydrogen-bond donors (Lipinski definition) is 2. The van der Waals surface area contributed by atoms with Crippen LogP contribution >= 0.6 is 0 Å². The first-order valence-electron chi connectivity index (χ1n) is 5.02. The van der Waals surface area contributed by atoms with Gasteiger partial charge in [0.05, 0.1) is 5.60 Å². The van der Waals surface area contributed by atoms with Gasteiger partial charge in [-0.3, -0.25) is 0 Å². The topological polar surface area (TPSA) is 49.5 Å². The molecule has 0 amide bonds. The Morgan fingerprint density at radius 1 is 1.54 bits per heavy atom. The normalized spacial score (nSPS) is 18.7. The summed E-state index contributed by atoms with van der Waals surface area (Å²) in [5.41, 5.74) is 4.69. The molecule has 2 atom stereocenters. The minimum Gasteiger partial charge on any atom is -0.388 e. The number of nitrogens with two attached hydrogens (primary N) is 1. The van der Waals surface area contributed by atoms with E-state index in [0.29, 0.717) is 19.0 Å². The Balaban J connectivity index is 3.79. The van der Waals surface area contributed by atoms with Gasteiger partial charge in [-0.15, -0.1) is 0 Å². The molecule has 2 unspecified atom stereocenters. The molecule has 3 nitrogen and oxygen atoms in total. The molecule has 0 aliphatic carbocycles. The van der Waals surface area contributed by atoms with Crippen molar-refractivity contribution < 1.29 is 5.11 Å². The molecule has 0 spiro atoms. The van der Waals surface area contributed by atoms with Crippen molar-refractivity contribution in [2.24, 2.45) is 11.7 Å². The van der Waals surface area contributed by atoms with Crippen LogP contribution in [-0.4, -0.2) is 42.3 Å². The van der Waals surface area contributed by atoms with Crippen molar-refractivity contribution in [1.29, 1.82) is 0 Å². The summed E-state index contributed by atoms with van der Waals surface area (Å²) in [4.78, 5) is 2.14. The van der Waals surface area contributed by atoms with E-state index in [-0.39, 0.29) is 0 Å². The van der Waals surface area contributed by atoms with Gasteiger partial charge in [-0.05, 0) is 19.9 Å². The third kappa shape index (κ3) is 6.02. The molecule has 3 N–H and O–H groups in total. The van der Waals surface area contributed by atoms with E-state index in [2.05, 4.69) is 18.7 Å². The van der Waals surface area contributed by atoms with E-state index in [0.717, 1.165) is 6.54 Å². The van der Waals surface area contributed by atoms with Gasteiger partial charge in [0.1, 0.15) is 0 Å². The smallest absolute Gasteiger partial charge is 0.0867 e. The van der Waals surface area contributed by atoms with Gasteiger partial charge in [0.15, 0.2) is 0 Å². The second kappa shape index (κ2) is 5.58. The molecule has 0 aromatic heterocycles. The van der Waals surface area contributed by atoms with E-state index in [4.69, 9.17) is 5.73 Å². The second-order valence-electron chi connectivity index (χ2n) is 4.41. The highest BCUT2D eigenvalue weighted by Crippen LogP contribution is 2.07. The average molecular weight is 188 g/mol. The summed E-state index contributed by atoms with van der Waals surface area (Å²) < 4.78 is 0. The van der Waals surface area contributed by atoms with Gasteiger partial charge >= 0.3 is 0 Å². The first-order valence-corrected chi connectivity index (χ1v) is 5.02. The van der Waals surface area contributed by atoms with E-state index >= 15 is 0 Å². The van der Waals surface area contributed by atoms with Crippen molar-refractivity contribution >= 4 is 0 Å². The standard InChI is InChI=1S/C10H24N2O/c1-5-9(2)6-12(4)8-10(3,13)7-11/h9,13H,5-8,11H2,1-4H3. The SMILES string of the molecule is CCC(C)CN(C)CC(C)(O)CN. The number of rotatable bonds is 6. The first-order chi connectivity index (χ1) is 5.91. The van der Waals surface area contributed by atoms with E-state index in [1.54, 1.807) is 6.92 Å². The highest BCUT2D eigenvalue weighted by molar-refractivity contribution is 4.77. The van der Waals surface area contributed by atoms with Crippen molar-refractivity contribution in [2.75, 3.05) is 26.7 Å². The maximum atomic E-state index is 9.71. The third-order valence-corrected chi connectivity index (χ3v) is 2.37. The van der Waals surface area contributed by atoms with Crippen molar-refractivity contribution in [2.45, 2.75) is 32.8 Å². The van der Waals surface area contributed by atoms with Crippen LogP contribution in [0.25, 0.3) is 0 Å². The molecular formula is C10H24N2O. The second-order valence-corrected chi connectivity index (χ2v) is 4.41. The van der Waals surface area contributed by atoms with Gasteiger partial charge in [0, 0.05) is 19.6 Å². The third-order valence-electron chi connectivity index (χ3n) is 2.37. The van der Waals surface area contributed by atoms with Gasteiger partial charge < -0.3 is 15.7 Å². The minimum atomic E-state index is -0.748. The van der Waals surface area contributed by atoms with Crippen LogP contribution < -0.4 is 5.73 Å². The van der Waals surface area contributed by atoms with Crippen LogP contribution in [0.3, 0.4) is 0 Å². The Morgan fingerprint density at radius 2 is 2.08 bits per heavy atom. The molecular weight excluding hydrogens is 164 g/mol. The zero-order valence-electron chi connectivity index (χ0n) is 9.38. The predicted octanol–water partition coefficient (Wildman–Crippen LogP) is 0.674. The molecule has 0 aliphatic rings. The van der Waals surface area contributed by atoms with E-state index in [1.165, 1.54) is 6.42 Å². The van der Waals surface area contributed by atoms with Crippen molar-refractivity contribution in [3.8, 4) is 0 Å². The summed E-state index contributed by atoms with van der Waals surface area (Å²) in [5.74, 6) is 0.679. The van der Waals surface area contributed by atoms with Crippen molar-refractivity contribution in [3.05, 3.63) is 0 Å². The van der Waals surface area contributed by atoms with E-state index in [9.17, 15) is 5.11 Å². The molecule has 0 radical (unpaired) electrons. The molecule has 0 aromatic carbocycles. The van der Waals surface area contributed by atoms with Gasteiger partial charge in [-0.1, -0.05) is 20.3 Å². The molecule has 13 heavy (non-hydrogen) atoms. The zero-order valence-corrected chi connectivity index (χ0v) is 9.38. The number of hydrogen-bond acceptors (Lipinski definition) is 3. The van der Waals surface area contributed by atoms with Crippen molar-refractivity contribution in [1.82, 2.24) is 4.90 Å². The number of likely N-dealkylation sites (N-methyl/N-ethyl adjacent to an activating group) is 1. The average Bonchev–Trinajstić information content (AvgIpc) is 2.03. The van der Waals surface area contributed by atoms with Gasteiger partial charge in [-0.25, -0.2) is 0 Å². The molecule has 80 valence electrons. The van der Waals surface area contributed by atoms with Crippen LogP contribution in [0.15, 0.2) is 0 Å². The number of aliphatic hydroxyl groups is 1. The van der Waals surface area contributed by atoms with Crippen LogP contribution in [0.5, 0.6) is 0 Å². The lowest BCUT2D eigenvalue weighted by atomic mass is 10.1. The molecule has 0 aliphatic heterocycles. The van der Waals surface area contributed by atoms with Crippen LogP contribution in [0.1, 0.15) is 27.2 Å². The Hall–Kier alpha value is -0.120. The zero-order chi connectivity index (χ0) is 10.5. The fraction of sp³-hybridized carbons (Fsp3) is 1.00. The monoisotopic (exact) mass is 188 g/mol. The Morgan fingerprint density at radius 3 is 2.46 bits per heavy atom. The number of nitrogens with zero attached hydrogens (tertiary/aromatic N) is 1. The summed E-state index contributed by atoms with van der Waals surface area (Å²) in [6, 6.07) is 0. The fourth-order valence-electron chi connectivity index (χ4n) is 1.37. The molecule has 0 rings (SSSR count). The molecule has 3 heteroatoms. The Kier molecular flexibility index (Phi) is 5.53. The van der Waals surface area contributed by atoms with Gasteiger partial charge in [0.25, 0.3) is 0 Å². The molecule has 0 heterocycles. The molecule has 0 saturated carbocycles. The molecule has 0 saturated heterocycles. The lowest BCUT2D eigenvalue weighted by Crippen LogP contribution is -2.45. The van der Waals surface area contributed by atoms with E-state index in [1.807, 2.05) is 7.05 Å². The van der Waals surface area contributed by atoms with Crippen LogP contribution in [0, 0.1) is 5.92 Å². The molecule has 0 fully saturated rings. The summed E-state index contributed by atoms with van der Waals surface area (Å²) >= 11 is 0. The van der Waals surface area contributed by atoms with Gasteiger partial charge in [0.2, 0.25) is 0 Å². The quantitative estimate of drug-likeness (QED) is 0.644. The highest BCUT2D eigenvalue weighted by atomic mass is 16.3. The maximum absolute atomic E-state index is 9.71. The lowest BCUT2D eigenvalue weighted by Gasteiger charge is -2.29. The van der Waals surface area contributed by atoms with Crippen molar-refractivity contribution in [3.63, 3.8) is 0 Å². The summed E-state index contributed by atoms with van der Waals surface area (Å²) in [6.45, 7) is 8.16.